The molecule has 10 heteroatoms. The first kappa shape index (κ1) is 16.9. The fourth-order valence-corrected chi connectivity index (χ4v) is 1.32. The van der Waals surface area contributed by atoms with Gasteiger partial charge in [0.25, 0.3) is 0 Å². The number of aliphatic carboxylic acids is 1. The van der Waals surface area contributed by atoms with Gasteiger partial charge < -0.3 is 14.9 Å². The first-order chi connectivity index (χ1) is 9.71. The fraction of sp³-hybridized carbons (Fsp3) is 0.636. The predicted octanol–water partition coefficient (Wildman–Crippen LogP) is 1.54. The second-order valence-corrected chi connectivity index (χ2v) is 4.55. The topological polar surface area (TPSA) is 101 Å². The van der Waals surface area contributed by atoms with Crippen LogP contribution in [0.4, 0.5) is 13.2 Å². The maximum atomic E-state index is 10.6. The second kappa shape index (κ2) is 7.04. The Balaban J connectivity index is 0.000000270. The molecule has 1 aliphatic rings. The number of halogens is 3. The van der Waals surface area contributed by atoms with Crippen molar-refractivity contribution in [1.29, 1.82) is 0 Å². The number of hydrogen-bond donors (Lipinski definition) is 2. The number of nitrogens with zero attached hydrogens (tertiary/aromatic N) is 3. The van der Waals surface area contributed by atoms with Crippen LogP contribution in [0.25, 0.3) is 0 Å². The SMILES string of the molecule is CC(C)c1noc(C2CN=CNC2)n1.O=C(O)C(F)(F)F. The number of rotatable bonds is 2. The Morgan fingerprint density at radius 2 is 2.14 bits per heavy atom. The summed E-state index contributed by atoms with van der Waals surface area (Å²) >= 11 is 0. The summed E-state index contributed by atoms with van der Waals surface area (Å²) < 4.78 is 36.9. The molecular formula is C11H15F3N4O3. The Bertz CT molecular complexity index is 499. The average Bonchev–Trinajstić information content (AvgIpc) is 2.89. The van der Waals surface area contributed by atoms with Crippen molar-refractivity contribution in [3.05, 3.63) is 11.7 Å². The van der Waals surface area contributed by atoms with Crippen molar-refractivity contribution in [2.45, 2.75) is 31.9 Å². The van der Waals surface area contributed by atoms with Gasteiger partial charge in [0.1, 0.15) is 0 Å². The van der Waals surface area contributed by atoms with E-state index in [0.717, 1.165) is 18.9 Å². The predicted molar refractivity (Wildman–Crippen MR) is 66.2 cm³/mol. The van der Waals surface area contributed by atoms with Crippen molar-refractivity contribution in [3.8, 4) is 0 Å². The quantitative estimate of drug-likeness (QED) is 0.859. The first-order valence-electron chi connectivity index (χ1n) is 6.07. The smallest absolute Gasteiger partial charge is 0.475 e. The molecule has 1 atom stereocenters. The molecule has 2 N–H and O–H groups in total. The van der Waals surface area contributed by atoms with E-state index in [2.05, 4.69) is 20.4 Å². The molecule has 0 bridgehead atoms. The Kier molecular flexibility index (Phi) is 5.68. The molecule has 2 heterocycles. The summed E-state index contributed by atoms with van der Waals surface area (Å²) in [6.07, 6.45) is -3.36. The highest BCUT2D eigenvalue weighted by atomic mass is 19.4. The normalized spacial score (nSPS) is 17.9. The highest BCUT2D eigenvalue weighted by Crippen LogP contribution is 2.17. The van der Waals surface area contributed by atoms with Gasteiger partial charge in [-0.2, -0.15) is 18.2 Å². The van der Waals surface area contributed by atoms with E-state index in [1.54, 1.807) is 6.34 Å². The molecule has 0 amide bonds. The Hall–Kier alpha value is -2.13. The average molecular weight is 308 g/mol. The Morgan fingerprint density at radius 1 is 1.52 bits per heavy atom. The van der Waals surface area contributed by atoms with E-state index in [-0.39, 0.29) is 5.92 Å². The van der Waals surface area contributed by atoms with Crippen molar-refractivity contribution in [2.24, 2.45) is 4.99 Å². The number of carbonyl (C=O) groups is 1. The van der Waals surface area contributed by atoms with Crippen molar-refractivity contribution >= 4 is 12.3 Å². The third-order valence-corrected chi connectivity index (χ3v) is 2.44. The van der Waals surface area contributed by atoms with Gasteiger partial charge in [-0.1, -0.05) is 19.0 Å². The minimum Gasteiger partial charge on any atom is -0.475 e. The van der Waals surface area contributed by atoms with Crippen LogP contribution in [0.5, 0.6) is 0 Å². The summed E-state index contributed by atoms with van der Waals surface area (Å²) in [5.41, 5.74) is 0. The van der Waals surface area contributed by atoms with Gasteiger partial charge in [0, 0.05) is 12.5 Å². The van der Waals surface area contributed by atoms with Crippen LogP contribution in [0.2, 0.25) is 0 Å². The van der Waals surface area contributed by atoms with Crippen LogP contribution >= 0.6 is 0 Å². The maximum Gasteiger partial charge on any atom is 0.490 e. The lowest BCUT2D eigenvalue weighted by Gasteiger charge is -2.13. The summed E-state index contributed by atoms with van der Waals surface area (Å²) in [6, 6.07) is 0. The summed E-state index contributed by atoms with van der Waals surface area (Å²) in [5.74, 6) is -0.757. The molecule has 21 heavy (non-hydrogen) atoms. The molecule has 0 radical (unpaired) electrons. The van der Waals surface area contributed by atoms with Gasteiger partial charge in [0.2, 0.25) is 5.89 Å². The molecule has 118 valence electrons. The van der Waals surface area contributed by atoms with Crippen molar-refractivity contribution in [2.75, 3.05) is 13.1 Å². The zero-order chi connectivity index (χ0) is 16.0. The van der Waals surface area contributed by atoms with Gasteiger partial charge in [0.15, 0.2) is 5.82 Å². The van der Waals surface area contributed by atoms with Gasteiger partial charge in [-0.05, 0) is 0 Å². The molecule has 1 unspecified atom stereocenters. The number of aliphatic imine (C=N–C) groups is 1. The largest absolute Gasteiger partial charge is 0.490 e. The second-order valence-electron chi connectivity index (χ2n) is 4.55. The Morgan fingerprint density at radius 3 is 2.52 bits per heavy atom. The van der Waals surface area contributed by atoms with E-state index in [1.807, 2.05) is 13.8 Å². The molecule has 1 aromatic rings. The van der Waals surface area contributed by atoms with Crippen molar-refractivity contribution in [3.63, 3.8) is 0 Å². The lowest BCUT2D eigenvalue weighted by molar-refractivity contribution is -0.192. The van der Waals surface area contributed by atoms with Gasteiger partial charge >= 0.3 is 12.1 Å². The van der Waals surface area contributed by atoms with Crippen LogP contribution in [0.3, 0.4) is 0 Å². The van der Waals surface area contributed by atoms with Crippen LogP contribution in [0, 0.1) is 0 Å². The summed E-state index contributed by atoms with van der Waals surface area (Å²) in [6.45, 7) is 5.65. The molecule has 1 aromatic heterocycles. The van der Waals surface area contributed by atoms with E-state index < -0.39 is 12.1 Å². The highest BCUT2D eigenvalue weighted by Gasteiger charge is 2.38. The number of aromatic nitrogens is 2. The molecular weight excluding hydrogens is 293 g/mol. The van der Waals surface area contributed by atoms with Gasteiger partial charge in [-0.3, -0.25) is 4.99 Å². The molecule has 0 saturated heterocycles. The Labute approximate surface area is 118 Å². The van der Waals surface area contributed by atoms with Crippen LogP contribution < -0.4 is 5.32 Å². The third kappa shape index (κ3) is 5.40. The van der Waals surface area contributed by atoms with E-state index in [1.165, 1.54) is 0 Å². The number of carboxylic acids is 1. The lowest BCUT2D eigenvalue weighted by atomic mass is 10.1. The highest BCUT2D eigenvalue weighted by molar-refractivity contribution is 5.73. The van der Waals surface area contributed by atoms with E-state index in [0.29, 0.717) is 11.8 Å². The minimum atomic E-state index is -5.08. The zero-order valence-electron chi connectivity index (χ0n) is 11.4. The van der Waals surface area contributed by atoms with E-state index >= 15 is 0 Å². The molecule has 0 fully saturated rings. The molecule has 0 aromatic carbocycles. The minimum absolute atomic E-state index is 0.222. The third-order valence-electron chi connectivity index (χ3n) is 2.44. The maximum absolute atomic E-state index is 10.6. The molecule has 0 aliphatic carbocycles. The van der Waals surface area contributed by atoms with Crippen molar-refractivity contribution in [1.82, 2.24) is 15.5 Å². The number of hydrogen-bond acceptors (Lipinski definition) is 6. The van der Waals surface area contributed by atoms with Crippen molar-refractivity contribution < 1.29 is 27.6 Å². The van der Waals surface area contributed by atoms with Crippen LogP contribution in [0.15, 0.2) is 9.52 Å². The van der Waals surface area contributed by atoms with Gasteiger partial charge in [-0.25, -0.2) is 4.79 Å². The standard InChI is InChI=1S/C9H14N4O.C2HF3O2/c1-6(2)8-12-9(14-13-8)7-3-10-5-11-4-7;3-2(4,5)1(6)7/h5-7H,3-4H2,1-2H3,(H,10,11);(H,6,7). The summed E-state index contributed by atoms with van der Waals surface area (Å²) in [5, 5.41) is 14.1. The number of alkyl halides is 3. The molecule has 0 spiro atoms. The molecule has 7 nitrogen and oxygen atoms in total. The van der Waals surface area contributed by atoms with Crippen LogP contribution in [-0.4, -0.2) is 46.8 Å². The molecule has 1 aliphatic heterocycles. The van der Waals surface area contributed by atoms with Crippen LogP contribution in [-0.2, 0) is 4.79 Å². The zero-order valence-corrected chi connectivity index (χ0v) is 11.4. The van der Waals surface area contributed by atoms with Crippen LogP contribution in [0.1, 0.15) is 37.4 Å². The van der Waals surface area contributed by atoms with E-state index in [9.17, 15) is 13.2 Å². The number of nitrogens with one attached hydrogen (secondary N) is 1. The lowest BCUT2D eigenvalue weighted by Crippen LogP contribution is -2.27. The number of carboxylic acid groups (broad SMARTS) is 1. The molecule has 2 rings (SSSR count). The van der Waals surface area contributed by atoms with Gasteiger partial charge in [-0.15, -0.1) is 0 Å². The first-order valence-corrected chi connectivity index (χ1v) is 6.07. The fourth-order valence-electron chi connectivity index (χ4n) is 1.32. The monoisotopic (exact) mass is 308 g/mol. The van der Waals surface area contributed by atoms with E-state index in [4.69, 9.17) is 14.4 Å². The summed E-state index contributed by atoms with van der Waals surface area (Å²) in [7, 11) is 0. The van der Waals surface area contributed by atoms with Gasteiger partial charge in [0.05, 0.1) is 18.8 Å². The molecule has 0 saturated carbocycles. The summed E-state index contributed by atoms with van der Waals surface area (Å²) in [4.78, 5) is 17.4.